The first-order chi connectivity index (χ1) is 10.3. The fourth-order valence-electron chi connectivity index (χ4n) is 2.66. The van der Waals surface area contributed by atoms with Crippen LogP contribution in [0.1, 0.15) is 29.6 Å². The largest absolute Gasteiger partial charge is 0.397 e. The molecule has 1 aliphatic rings. The molecule has 0 bridgehead atoms. The van der Waals surface area contributed by atoms with E-state index in [0.717, 1.165) is 31.5 Å². The number of nitrogens with zero attached hydrogens (tertiary/aromatic N) is 3. The van der Waals surface area contributed by atoms with Crippen LogP contribution in [0, 0.1) is 0 Å². The van der Waals surface area contributed by atoms with E-state index in [0.29, 0.717) is 16.9 Å². The van der Waals surface area contributed by atoms with Crippen molar-refractivity contribution < 1.29 is 4.79 Å². The molecular weight excluding hydrogens is 264 g/mol. The number of carbonyl (C=O) groups is 1. The van der Waals surface area contributed by atoms with Crippen LogP contribution in [0.3, 0.4) is 0 Å². The molecule has 0 spiro atoms. The standard InChI is InChI=1S/C16H18N4O/c17-13-9-12(10-18-11-13)15-14(5-4-6-19-15)16(21)20-7-2-1-3-8-20/h4-6,9-11H,1-3,7-8,17H2. The Balaban J connectivity index is 1.97. The van der Waals surface area contributed by atoms with Crippen LogP contribution in [-0.2, 0) is 0 Å². The van der Waals surface area contributed by atoms with Gasteiger partial charge in [0.2, 0.25) is 0 Å². The average Bonchev–Trinajstić information content (AvgIpc) is 2.55. The van der Waals surface area contributed by atoms with E-state index in [2.05, 4.69) is 9.97 Å². The second-order valence-electron chi connectivity index (χ2n) is 5.26. The van der Waals surface area contributed by atoms with Crippen LogP contribution in [0.4, 0.5) is 5.69 Å². The molecule has 108 valence electrons. The second kappa shape index (κ2) is 5.91. The van der Waals surface area contributed by atoms with Crippen LogP contribution in [0.15, 0.2) is 36.8 Å². The van der Waals surface area contributed by atoms with Crippen LogP contribution in [0.25, 0.3) is 11.3 Å². The van der Waals surface area contributed by atoms with Gasteiger partial charge in [0.1, 0.15) is 0 Å². The number of hydrogen-bond acceptors (Lipinski definition) is 4. The smallest absolute Gasteiger partial charge is 0.256 e. The van der Waals surface area contributed by atoms with Gasteiger partial charge in [0.05, 0.1) is 16.9 Å². The molecule has 3 rings (SSSR count). The molecule has 0 saturated carbocycles. The molecule has 5 heteroatoms. The van der Waals surface area contributed by atoms with Crippen molar-refractivity contribution in [2.45, 2.75) is 19.3 Å². The SMILES string of the molecule is Nc1cncc(-c2ncccc2C(=O)N2CCCCC2)c1. The maximum atomic E-state index is 12.7. The summed E-state index contributed by atoms with van der Waals surface area (Å²) in [5.74, 6) is 0.0419. The Morgan fingerprint density at radius 1 is 1.19 bits per heavy atom. The van der Waals surface area contributed by atoms with Gasteiger partial charge in [-0.25, -0.2) is 0 Å². The number of likely N-dealkylation sites (tertiary alicyclic amines) is 1. The van der Waals surface area contributed by atoms with Crippen LogP contribution < -0.4 is 5.73 Å². The van der Waals surface area contributed by atoms with Gasteiger partial charge in [-0.3, -0.25) is 14.8 Å². The van der Waals surface area contributed by atoms with Gasteiger partial charge < -0.3 is 10.6 Å². The van der Waals surface area contributed by atoms with Crippen molar-refractivity contribution in [1.29, 1.82) is 0 Å². The number of carbonyl (C=O) groups excluding carboxylic acids is 1. The number of aromatic nitrogens is 2. The zero-order valence-corrected chi connectivity index (χ0v) is 11.8. The van der Waals surface area contributed by atoms with Gasteiger partial charge in [0, 0.05) is 37.2 Å². The molecule has 2 aromatic heterocycles. The first kappa shape index (κ1) is 13.5. The van der Waals surface area contributed by atoms with E-state index in [-0.39, 0.29) is 5.91 Å². The number of rotatable bonds is 2. The zero-order chi connectivity index (χ0) is 14.7. The van der Waals surface area contributed by atoms with Gasteiger partial charge in [-0.05, 0) is 37.5 Å². The maximum absolute atomic E-state index is 12.7. The van der Waals surface area contributed by atoms with E-state index >= 15 is 0 Å². The third-order valence-corrected chi connectivity index (χ3v) is 3.71. The van der Waals surface area contributed by atoms with Crippen LogP contribution >= 0.6 is 0 Å². The predicted molar refractivity (Wildman–Crippen MR) is 81.6 cm³/mol. The van der Waals surface area contributed by atoms with Crippen molar-refractivity contribution in [1.82, 2.24) is 14.9 Å². The maximum Gasteiger partial charge on any atom is 0.256 e. The van der Waals surface area contributed by atoms with Crippen molar-refractivity contribution >= 4 is 11.6 Å². The summed E-state index contributed by atoms with van der Waals surface area (Å²) in [5, 5.41) is 0. The van der Waals surface area contributed by atoms with Crippen LogP contribution in [0.5, 0.6) is 0 Å². The molecule has 2 N–H and O–H groups in total. The van der Waals surface area contributed by atoms with E-state index in [9.17, 15) is 4.79 Å². The Morgan fingerprint density at radius 2 is 2.00 bits per heavy atom. The van der Waals surface area contributed by atoms with Gasteiger partial charge >= 0.3 is 0 Å². The number of nitrogens with two attached hydrogens (primary N) is 1. The number of anilines is 1. The third-order valence-electron chi connectivity index (χ3n) is 3.71. The Morgan fingerprint density at radius 3 is 2.76 bits per heavy atom. The Labute approximate surface area is 123 Å². The fourth-order valence-corrected chi connectivity index (χ4v) is 2.66. The minimum atomic E-state index is 0.0419. The number of piperidine rings is 1. The first-order valence-electron chi connectivity index (χ1n) is 7.21. The first-order valence-corrected chi connectivity index (χ1v) is 7.21. The van der Waals surface area contributed by atoms with Gasteiger partial charge in [0.25, 0.3) is 5.91 Å². The highest BCUT2D eigenvalue weighted by molar-refractivity contribution is 6.00. The molecule has 0 aromatic carbocycles. The van der Waals surface area contributed by atoms with E-state index in [1.165, 1.54) is 6.42 Å². The number of hydrogen-bond donors (Lipinski definition) is 1. The number of pyridine rings is 2. The van der Waals surface area contributed by atoms with E-state index < -0.39 is 0 Å². The molecule has 0 aliphatic carbocycles. The molecule has 0 radical (unpaired) electrons. The van der Waals surface area contributed by atoms with Crippen molar-refractivity contribution in [2.75, 3.05) is 18.8 Å². The highest BCUT2D eigenvalue weighted by atomic mass is 16.2. The molecule has 1 aliphatic heterocycles. The average molecular weight is 282 g/mol. The highest BCUT2D eigenvalue weighted by Gasteiger charge is 2.21. The Hall–Kier alpha value is -2.43. The second-order valence-corrected chi connectivity index (χ2v) is 5.26. The minimum Gasteiger partial charge on any atom is -0.397 e. The lowest BCUT2D eigenvalue weighted by Gasteiger charge is -2.27. The zero-order valence-electron chi connectivity index (χ0n) is 11.8. The quantitative estimate of drug-likeness (QED) is 0.917. The molecule has 2 aromatic rings. The van der Waals surface area contributed by atoms with Gasteiger partial charge in [-0.1, -0.05) is 0 Å². The lowest BCUT2D eigenvalue weighted by Crippen LogP contribution is -2.35. The summed E-state index contributed by atoms with van der Waals surface area (Å²) in [7, 11) is 0. The van der Waals surface area contributed by atoms with Gasteiger partial charge in [-0.2, -0.15) is 0 Å². The summed E-state index contributed by atoms with van der Waals surface area (Å²) in [5.41, 5.74) is 8.38. The van der Waals surface area contributed by atoms with Gasteiger partial charge in [-0.15, -0.1) is 0 Å². The molecule has 1 saturated heterocycles. The van der Waals surface area contributed by atoms with E-state index in [1.54, 1.807) is 30.7 Å². The molecular formula is C16H18N4O. The summed E-state index contributed by atoms with van der Waals surface area (Å²) in [6.07, 6.45) is 8.29. The van der Waals surface area contributed by atoms with Crippen molar-refractivity contribution in [3.05, 3.63) is 42.4 Å². The van der Waals surface area contributed by atoms with Crippen molar-refractivity contribution in [3.63, 3.8) is 0 Å². The van der Waals surface area contributed by atoms with Crippen molar-refractivity contribution in [3.8, 4) is 11.3 Å². The number of amides is 1. The summed E-state index contributed by atoms with van der Waals surface area (Å²) >= 11 is 0. The Kier molecular flexibility index (Phi) is 3.81. The molecule has 0 unspecified atom stereocenters. The summed E-state index contributed by atoms with van der Waals surface area (Å²) in [6.45, 7) is 1.64. The predicted octanol–water partition coefficient (Wildman–Crippen LogP) is 2.35. The van der Waals surface area contributed by atoms with Crippen LogP contribution in [-0.4, -0.2) is 33.9 Å². The third kappa shape index (κ3) is 2.86. The van der Waals surface area contributed by atoms with Crippen molar-refractivity contribution in [2.24, 2.45) is 0 Å². The van der Waals surface area contributed by atoms with Gasteiger partial charge in [0.15, 0.2) is 0 Å². The summed E-state index contributed by atoms with van der Waals surface area (Å²) < 4.78 is 0. The fraction of sp³-hybridized carbons (Fsp3) is 0.312. The molecule has 5 nitrogen and oxygen atoms in total. The normalized spacial score (nSPS) is 15.0. The van der Waals surface area contributed by atoms with E-state index in [1.807, 2.05) is 11.0 Å². The molecule has 1 amide bonds. The monoisotopic (exact) mass is 282 g/mol. The Bertz CT molecular complexity index is 650. The highest BCUT2D eigenvalue weighted by Crippen LogP contribution is 2.24. The lowest BCUT2D eigenvalue weighted by atomic mass is 10.0. The molecule has 1 fully saturated rings. The molecule has 3 heterocycles. The summed E-state index contributed by atoms with van der Waals surface area (Å²) in [4.78, 5) is 23.1. The van der Waals surface area contributed by atoms with E-state index in [4.69, 9.17) is 5.73 Å². The van der Waals surface area contributed by atoms with Crippen LogP contribution in [0.2, 0.25) is 0 Å². The summed E-state index contributed by atoms with van der Waals surface area (Å²) in [6, 6.07) is 5.41. The number of nitrogen functional groups attached to an aromatic ring is 1. The molecule has 0 atom stereocenters. The molecule has 21 heavy (non-hydrogen) atoms. The minimum absolute atomic E-state index is 0.0419. The topological polar surface area (TPSA) is 72.1 Å². The lowest BCUT2D eigenvalue weighted by molar-refractivity contribution is 0.0725.